The number of carbonyl (C=O) groups excluding carboxylic acids is 1. The van der Waals surface area contributed by atoms with E-state index in [0.29, 0.717) is 5.56 Å². The SMILES string of the molecule is Cc1cc(C)c(CNC(=O)CCn2cnc3sc4c(c3c2=O)CCCC4)c(=O)[nH]1. The lowest BCUT2D eigenvalue weighted by molar-refractivity contribution is -0.121. The molecule has 0 saturated heterocycles. The molecule has 152 valence electrons. The molecule has 0 unspecified atom stereocenters. The summed E-state index contributed by atoms with van der Waals surface area (Å²) in [6.07, 6.45) is 5.92. The van der Waals surface area contributed by atoms with Crippen LogP contribution in [0.2, 0.25) is 0 Å². The number of pyridine rings is 1. The topological polar surface area (TPSA) is 96.8 Å². The minimum absolute atomic E-state index is 0.0620. The predicted molar refractivity (Wildman–Crippen MR) is 114 cm³/mol. The van der Waals surface area contributed by atoms with E-state index in [1.54, 1.807) is 11.3 Å². The normalized spacial score (nSPS) is 13.4. The summed E-state index contributed by atoms with van der Waals surface area (Å²) in [5.41, 5.74) is 3.10. The van der Waals surface area contributed by atoms with Gasteiger partial charge in [0.25, 0.3) is 11.1 Å². The molecule has 7 nitrogen and oxygen atoms in total. The fraction of sp³-hybridized carbons (Fsp3) is 0.429. The highest BCUT2D eigenvalue weighted by atomic mass is 32.1. The second-order valence-electron chi connectivity index (χ2n) is 7.60. The van der Waals surface area contributed by atoms with Gasteiger partial charge in [-0.2, -0.15) is 0 Å². The third kappa shape index (κ3) is 3.89. The molecule has 1 amide bonds. The van der Waals surface area contributed by atoms with Crippen LogP contribution in [0.5, 0.6) is 0 Å². The summed E-state index contributed by atoms with van der Waals surface area (Å²) in [6.45, 7) is 4.11. The standard InChI is InChI=1S/C21H24N4O3S/c1-12-9-13(2)24-19(27)15(12)10-22-17(26)7-8-25-11-23-20-18(21(25)28)14-5-3-4-6-16(14)29-20/h9,11H,3-8,10H2,1-2H3,(H,22,26)(H,24,27). The van der Waals surface area contributed by atoms with E-state index in [1.165, 1.54) is 15.8 Å². The van der Waals surface area contributed by atoms with Crippen LogP contribution in [-0.4, -0.2) is 20.4 Å². The Morgan fingerprint density at radius 1 is 1.28 bits per heavy atom. The van der Waals surface area contributed by atoms with Gasteiger partial charge in [-0.1, -0.05) is 0 Å². The number of nitrogens with one attached hydrogen (secondary N) is 2. The fourth-order valence-electron chi connectivity index (χ4n) is 3.94. The van der Waals surface area contributed by atoms with Gasteiger partial charge in [0, 0.05) is 35.6 Å². The van der Waals surface area contributed by atoms with Crippen LogP contribution in [0.1, 0.15) is 46.5 Å². The van der Waals surface area contributed by atoms with Crippen molar-refractivity contribution in [3.05, 3.63) is 60.4 Å². The number of nitrogens with zero attached hydrogens (tertiary/aromatic N) is 2. The predicted octanol–water partition coefficient (Wildman–Crippen LogP) is 2.35. The van der Waals surface area contributed by atoms with Gasteiger partial charge in [-0.05, 0) is 56.7 Å². The van der Waals surface area contributed by atoms with Crippen molar-refractivity contribution in [1.82, 2.24) is 19.9 Å². The molecule has 0 spiro atoms. The van der Waals surface area contributed by atoms with Gasteiger partial charge in [-0.25, -0.2) is 4.98 Å². The van der Waals surface area contributed by atoms with E-state index >= 15 is 0 Å². The van der Waals surface area contributed by atoms with Crippen molar-refractivity contribution in [2.45, 2.75) is 59.0 Å². The number of aromatic nitrogens is 3. The zero-order chi connectivity index (χ0) is 20.5. The Morgan fingerprint density at radius 3 is 2.86 bits per heavy atom. The summed E-state index contributed by atoms with van der Waals surface area (Å²) < 4.78 is 1.52. The summed E-state index contributed by atoms with van der Waals surface area (Å²) in [5, 5.41) is 3.51. The molecule has 8 heteroatoms. The van der Waals surface area contributed by atoms with Crippen LogP contribution in [0.15, 0.2) is 22.0 Å². The molecule has 0 aliphatic heterocycles. The van der Waals surface area contributed by atoms with Gasteiger partial charge in [0.2, 0.25) is 5.91 Å². The molecule has 0 atom stereocenters. The number of hydrogen-bond donors (Lipinski definition) is 2. The highest BCUT2D eigenvalue weighted by molar-refractivity contribution is 7.18. The monoisotopic (exact) mass is 412 g/mol. The molecule has 1 aliphatic carbocycles. The van der Waals surface area contributed by atoms with Gasteiger partial charge in [-0.3, -0.25) is 19.0 Å². The van der Waals surface area contributed by atoms with Crippen LogP contribution in [0.3, 0.4) is 0 Å². The van der Waals surface area contributed by atoms with Gasteiger partial charge in [-0.15, -0.1) is 11.3 Å². The number of H-pyrrole nitrogens is 1. The molecule has 0 fully saturated rings. The Hall–Kier alpha value is -2.74. The Bertz CT molecular complexity index is 1210. The summed E-state index contributed by atoms with van der Waals surface area (Å²) in [4.78, 5) is 46.5. The zero-order valence-electron chi connectivity index (χ0n) is 16.6. The lowest BCUT2D eigenvalue weighted by Gasteiger charge is -2.11. The van der Waals surface area contributed by atoms with Crippen molar-refractivity contribution in [3.63, 3.8) is 0 Å². The van der Waals surface area contributed by atoms with Crippen LogP contribution in [-0.2, 0) is 30.7 Å². The molecule has 29 heavy (non-hydrogen) atoms. The average molecular weight is 413 g/mol. The van der Waals surface area contributed by atoms with Crippen molar-refractivity contribution >= 4 is 27.5 Å². The van der Waals surface area contributed by atoms with Gasteiger partial charge in [0.1, 0.15) is 4.83 Å². The fourth-order valence-corrected chi connectivity index (χ4v) is 5.16. The third-order valence-corrected chi connectivity index (χ3v) is 6.68. The van der Waals surface area contributed by atoms with Crippen LogP contribution in [0, 0.1) is 13.8 Å². The van der Waals surface area contributed by atoms with E-state index in [9.17, 15) is 14.4 Å². The number of amides is 1. The van der Waals surface area contributed by atoms with Gasteiger partial charge in [0.15, 0.2) is 0 Å². The molecule has 2 N–H and O–H groups in total. The summed E-state index contributed by atoms with van der Waals surface area (Å²) in [6, 6.07) is 1.88. The minimum atomic E-state index is -0.205. The molecule has 0 aromatic carbocycles. The van der Waals surface area contributed by atoms with Gasteiger partial charge < -0.3 is 10.3 Å². The molecule has 4 rings (SSSR count). The smallest absolute Gasteiger partial charge is 0.262 e. The number of aryl methyl sites for hydroxylation is 5. The Kier molecular flexibility index (Phi) is 5.36. The van der Waals surface area contributed by atoms with Crippen LogP contribution in [0.25, 0.3) is 10.2 Å². The van der Waals surface area contributed by atoms with E-state index in [0.717, 1.165) is 52.7 Å². The highest BCUT2D eigenvalue weighted by Crippen LogP contribution is 2.33. The lowest BCUT2D eigenvalue weighted by atomic mass is 9.97. The van der Waals surface area contributed by atoms with Crippen molar-refractivity contribution in [1.29, 1.82) is 0 Å². The lowest BCUT2D eigenvalue weighted by Crippen LogP contribution is -2.30. The molecular formula is C21H24N4O3S. The Labute approximate surface area is 171 Å². The van der Waals surface area contributed by atoms with Crippen molar-refractivity contribution in [2.24, 2.45) is 0 Å². The number of carbonyl (C=O) groups is 1. The van der Waals surface area contributed by atoms with Gasteiger partial charge >= 0.3 is 0 Å². The van der Waals surface area contributed by atoms with Crippen LogP contribution < -0.4 is 16.4 Å². The van der Waals surface area contributed by atoms with Crippen molar-refractivity contribution in [2.75, 3.05) is 0 Å². The molecule has 3 heterocycles. The molecule has 3 aromatic heterocycles. The number of rotatable bonds is 5. The average Bonchev–Trinajstić information content (AvgIpc) is 3.06. The van der Waals surface area contributed by atoms with Crippen LogP contribution >= 0.6 is 11.3 Å². The first kappa shape index (κ1) is 19.6. The maximum absolute atomic E-state index is 12.9. The molecule has 0 radical (unpaired) electrons. The van der Waals surface area contributed by atoms with Crippen molar-refractivity contribution < 1.29 is 4.79 Å². The number of hydrogen-bond acceptors (Lipinski definition) is 5. The number of aromatic amines is 1. The van der Waals surface area contributed by atoms with E-state index < -0.39 is 0 Å². The third-order valence-electron chi connectivity index (χ3n) is 5.48. The van der Waals surface area contributed by atoms with E-state index in [4.69, 9.17) is 0 Å². The van der Waals surface area contributed by atoms with Crippen molar-refractivity contribution in [3.8, 4) is 0 Å². The second kappa shape index (κ2) is 7.94. The van der Waals surface area contributed by atoms with E-state index in [1.807, 2.05) is 19.9 Å². The Morgan fingerprint density at radius 2 is 2.07 bits per heavy atom. The first-order valence-electron chi connectivity index (χ1n) is 9.90. The van der Waals surface area contributed by atoms with Gasteiger partial charge in [0.05, 0.1) is 11.7 Å². The minimum Gasteiger partial charge on any atom is -0.352 e. The number of thiophene rings is 1. The zero-order valence-corrected chi connectivity index (χ0v) is 17.4. The molecule has 1 aliphatic rings. The summed E-state index contributed by atoms with van der Waals surface area (Å²) in [7, 11) is 0. The largest absolute Gasteiger partial charge is 0.352 e. The second-order valence-corrected chi connectivity index (χ2v) is 8.69. The summed E-state index contributed by atoms with van der Waals surface area (Å²) in [5.74, 6) is -0.205. The van der Waals surface area contributed by atoms with E-state index in [2.05, 4.69) is 15.3 Å². The quantitative estimate of drug-likeness (QED) is 0.672. The van der Waals surface area contributed by atoms with E-state index in [-0.39, 0.29) is 36.5 Å². The first-order chi connectivity index (χ1) is 13.9. The molecule has 3 aromatic rings. The number of fused-ring (bicyclic) bond motifs is 3. The molecule has 0 bridgehead atoms. The highest BCUT2D eigenvalue weighted by Gasteiger charge is 2.20. The maximum Gasteiger partial charge on any atom is 0.262 e. The maximum atomic E-state index is 12.9. The molecule has 0 saturated carbocycles. The Balaban J connectivity index is 1.44. The first-order valence-corrected chi connectivity index (χ1v) is 10.7. The summed E-state index contributed by atoms with van der Waals surface area (Å²) >= 11 is 1.62. The van der Waals surface area contributed by atoms with Crippen LogP contribution in [0.4, 0.5) is 0 Å². The molecular weight excluding hydrogens is 388 g/mol.